The summed E-state index contributed by atoms with van der Waals surface area (Å²) in [7, 11) is -3.33. The van der Waals surface area contributed by atoms with Crippen LogP contribution in [0, 0.1) is 5.82 Å². The van der Waals surface area contributed by atoms with Crippen LogP contribution in [0.2, 0.25) is 5.02 Å². The highest BCUT2D eigenvalue weighted by Crippen LogP contribution is 2.31. The first-order valence-electron chi connectivity index (χ1n) is 7.88. The molecule has 0 saturated carbocycles. The van der Waals surface area contributed by atoms with Gasteiger partial charge < -0.3 is 15.0 Å². The fourth-order valence-electron chi connectivity index (χ4n) is 2.60. The number of aromatic nitrogens is 2. The number of hydrogen-bond donors (Lipinski definition) is 2. The van der Waals surface area contributed by atoms with E-state index >= 15 is 0 Å². The van der Waals surface area contributed by atoms with Crippen LogP contribution in [0.25, 0.3) is 11.0 Å². The average Bonchev–Trinajstić information content (AvgIpc) is 2.92. The number of hydrogen-bond acceptors (Lipinski definition) is 5. The van der Waals surface area contributed by atoms with Crippen molar-refractivity contribution in [2.45, 2.75) is 6.54 Å². The zero-order chi connectivity index (χ0) is 20.6. The number of aryl methyl sites for hydroxylation is 1. The predicted molar refractivity (Wildman–Crippen MR) is 109 cm³/mol. The molecule has 2 aromatic carbocycles. The van der Waals surface area contributed by atoms with Crippen molar-refractivity contribution in [3.05, 3.63) is 51.2 Å². The summed E-state index contributed by atoms with van der Waals surface area (Å²) in [5.74, 6) is -2.22. The lowest BCUT2D eigenvalue weighted by Crippen LogP contribution is -2.13. The zero-order valence-corrected chi connectivity index (χ0v) is 17.6. The standard InChI is InChI=1S/C17H14BrClFN3O4S/c1-28(26,27)5-4-23-14-7-9(16(24)25)6-12(20)15(14)22-17(23)21-13-3-2-10(18)8-11(13)19/h2-3,6-8H,4-5H2,1H3,(H,21,22)(H,24,25). The highest BCUT2D eigenvalue weighted by Gasteiger charge is 2.19. The number of rotatable bonds is 6. The molecule has 3 rings (SSSR count). The molecule has 0 fully saturated rings. The molecule has 0 aliphatic rings. The molecule has 1 heterocycles. The third-order valence-electron chi connectivity index (χ3n) is 3.92. The maximum Gasteiger partial charge on any atom is 0.335 e. The van der Waals surface area contributed by atoms with E-state index in [4.69, 9.17) is 11.6 Å². The molecule has 0 atom stereocenters. The topological polar surface area (TPSA) is 101 Å². The van der Waals surface area contributed by atoms with Crippen molar-refractivity contribution in [2.75, 3.05) is 17.3 Å². The van der Waals surface area contributed by atoms with Crippen LogP contribution in [0.4, 0.5) is 16.0 Å². The van der Waals surface area contributed by atoms with Gasteiger partial charge in [-0.2, -0.15) is 0 Å². The molecular weight excluding hydrogens is 477 g/mol. The fraction of sp³-hybridized carbons (Fsp3) is 0.176. The van der Waals surface area contributed by atoms with E-state index in [9.17, 15) is 22.7 Å². The van der Waals surface area contributed by atoms with Crippen molar-refractivity contribution in [2.24, 2.45) is 0 Å². The van der Waals surface area contributed by atoms with Crippen LogP contribution in [0.5, 0.6) is 0 Å². The van der Waals surface area contributed by atoms with Gasteiger partial charge in [0.2, 0.25) is 5.95 Å². The molecule has 0 unspecified atom stereocenters. The molecule has 0 aliphatic heterocycles. The zero-order valence-electron chi connectivity index (χ0n) is 14.4. The van der Waals surface area contributed by atoms with Gasteiger partial charge in [0.1, 0.15) is 15.4 Å². The Hall–Kier alpha value is -2.17. The van der Waals surface area contributed by atoms with E-state index in [0.717, 1.165) is 16.8 Å². The molecule has 28 heavy (non-hydrogen) atoms. The smallest absolute Gasteiger partial charge is 0.335 e. The minimum Gasteiger partial charge on any atom is -0.478 e. The van der Waals surface area contributed by atoms with Crippen LogP contribution >= 0.6 is 27.5 Å². The number of anilines is 2. The van der Waals surface area contributed by atoms with Gasteiger partial charge in [-0.3, -0.25) is 0 Å². The van der Waals surface area contributed by atoms with Crippen LogP contribution in [-0.4, -0.2) is 41.1 Å². The lowest BCUT2D eigenvalue weighted by molar-refractivity contribution is 0.0696. The van der Waals surface area contributed by atoms with Gasteiger partial charge in [0.05, 0.1) is 27.5 Å². The maximum absolute atomic E-state index is 14.4. The maximum atomic E-state index is 14.4. The molecule has 3 aromatic rings. The molecule has 1 aromatic heterocycles. The minimum absolute atomic E-state index is 0.0473. The normalized spacial score (nSPS) is 11.7. The van der Waals surface area contributed by atoms with Crippen LogP contribution in [0.15, 0.2) is 34.8 Å². The number of fused-ring (bicyclic) bond motifs is 1. The summed E-state index contributed by atoms with van der Waals surface area (Å²) in [6.07, 6.45) is 1.08. The van der Waals surface area contributed by atoms with Gasteiger partial charge in [0.15, 0.2) is 5.82 Å². The van der Waals surface area contributed by atoms with Crippen LogP contribution in [-0.2, 0) is 16.4 Å². The van der Waals surface area contributed by atoms with Gasteiger partial charge in [0.25, 0.3) is 0 Å². The van der Waals surface area contributed by atoms with E-state index in [2.05, 4.69) is 26.2 Å². The van der Waals surface area contributed by atoms with E-state index in [1.807, 2.05) is 0 Å². The van der Waals surface area contributed by atoms with Gasteiger partial charge in [-0.05, 0) is 30.3 Å². The summed E-state index contributed by atoms with van der Waals surface area (Å²) in [5.41, 5.74) is 0.296. The second-order valence-electron chi connectivity index (χ2n) is 6.10. The predicted octanol–water partition coefficient (Wildman–Crippen LogP) is 4.08. The first-order chi connectivity index (χ1) is 13.0. The van der Waals surface area contributed by atoms with E-state index in [-0.39, 0.29) is 34.8 Å². The Labute approximate surface area is 173 Å². The van der Waals surface area contributed by atoms with Crippen molar-refractivity contribution in [3.8, 4) is 0 Å². The summed E-state index contributed by atoms with van der Waals surface area (Å²) < 4.78 is 39.8. The van der Waals surface area contributed by atoms with E-state index in [1.165, 1.54) is 10.6 Å². The summed E-state index contributed by atoms with van der Waals surface area (Å²) in [5, 5.41) is 12.5. The highest BCUT2D eigenvalue weighted by atomic mass is 79.9. The summed E-state index contributed by atoms with van der Waals surface area (Å²) in [4.78, 5) is 15.5. The number of imidazole rings is 1. The second-order valence-corrected chi connectivity index (χ2v) is 9.68. The second kappa shape index (κ2) is 7.69. The van der Waals surface area contributed by atoms with Gasteiger partial charge in [-0.25, -0.2) is 22.6 Å². The van der Waals surface area contributed by atoms with Crippen LogP contribution in [0.3, 0.4) is 0 Å². The lowest BCUT2D eigenvalue weighted by atomic mass is 10.2. The molecule has 7 nitrogen and oxygen atoms in total. The number of carbonyl (C=O) groups is 1. The van der Waals surface area contributed by atoms with Crippen LogP contribution < -0.4 is 5.32 Å². The molecule has 0 amide bonds. The third kappa shape index (κ3) is 4.45. The number of benzene rings is 2. The van der Waals surface area contributed by atoms with Gasteiger partial charge in [0, 0.05) is 17.3 Å². The van der Waals surface area contributed by atoms with E-state index < -0.39 is 21.6 Å². The monoisotopic (exact) mass is 489 g/mol. The molecule has 0 spiro atoms. The molecular formula is C17H14BrClFN3O4S. The third-order valence-corrected chi connectivity index (χ3v) is 5.65. The fourth-order valence-corrected chi connectivity index (χ4v) is 3.83. The Morgan fingerprint density at radius 2 is 2.07 bits per heavy atom. The number of nitrogens with zero attached hydrogens (tertiary/aromatic N) is 2. The number of nitrogens with one attached hydrogen (secondary N) is 1. The van der Waals surface area contributed by atoms with Gasteiger partial charge >= 0.3 is 5.97 Å². The Kier molecular flexibility index (Phi) is 5.64. The number of halogens is 3. The van der Waals surface area contributed by atoms with Crippen molar-refractivity contribution < 1.29 is 22.7 Å². The SMILES string of the molecule is CS(=O)(=O)CCn1c(Nc2ccc(Br)cc2Cl)nc2c(F)cc(C(=O)O)cc21. The summed E-state index contributed by atoms with van der Waals surface area (Å²) in [6, 6.07) is 7.18. The summed E-state index contributed by atoms with van der Waals surface area (Å²) in [6.45, 7) is -0.0473. The van der Waals surface area contributed by atoms with Crippen molar-refractivity contribution in [3.63, 3.8) is 0 Å². The largest absolute Gasteiger partial charge is 0.478 e. The quantitative estimate of drug-likeness (QED) is 0.540. The van der Waals surface area contributed by atoms with E-state index in [0.29, 0.717) is 10.7 Å². The average molecular weight is 491 g/mol. The molecule has 148 valence electrons. The number of sulfone groups is 1. The van der Waals surface area contributed by atoms with Crippen molar-refractivity contribution in [1.82, 2.24) is 9.55 Å². The van der Waals surface area contributed by atoms with Gasteiger partial charge in [-0.1, -0.05) is 27.5 Å². The van der Waals surface area contributed by atoms with Crippen LogP contribution in [0.1, 0.15) is 10.4 Å². The Morgan fingerprint density at radius 1 is 1.36 bits per heavy atom. The summed E-state index contributed by atoms with van der Waals surface area (Å²) >= 11 is 9.50. The Morgan fingerprint density at radius 3 is 2.68 bits per heavy atom. The van der Waals surface area contributed by atoms with Crippen molar-refractivity contribution in [1.29, 1.82) is 0 Å². The minimum atomic E-state index is -3.33. The molecule has 11 heteroatoms. The van der Waals surface area contributed by atoms with Crippen molar-refractivity contribution >= 4 is 66.0 Å². The van der Waals surface area contributed by atoms with Gasteiger partial charge in [-0.15, -0.1) is 0 Å². The molecule has 0 aliphatic carbocycles. The molecule has 0 bridgehead atoms. The number of carboxylic acid groups (broad SMARTS) is 1. The number of carboxylic acids is 1. The Bertz CT molecular complexity index is 1200. The Balaban J connectivity index is 2.16. The lowest BCUT2D eigenvalue weighted by Gasteiger charge is -2.12. The first kappa shape index (κ1) is 20.6. The molecule has 0 saturated heterocycles. The number of aromatic carboxylic acids is 1. The van der Waals surface area contributed by atoms with E-state index in [1.54, 1.807) is 18.2 Å². The highest BCUT2D eigenvalue weighted by molar-refractivity contribution is 9.10. The molecule has 0 radical (unpaired) electrons. The first-order valence-corrected chi connectivity index (χ1v) is 11.1. The molecule has 2 N–H and O–H groups in total.